The molecule has 0 spiro atoms. The number of nitrogens with one attached hydrogen (secondary N) is 1. The lowest BCUT2D eigenvalue weighted by Crippen LogP contribution is -2.21. The molecule has 0 saturated carbocycles. The zero-order valence-corrected chi connectivity index (χ0v) is 20.7. The molecule has 1 heterocycles. The van der Waals surface area contributed by atoms with Gasteiger partial charge >= 0.3 is 0 Å². The zero-order valence-electron chi connectivity index (χ0n) is 19.2. The Morgan fingerprint density at radius 1 is 1.00 bits per heavy atom. The Bertz CT molecular complexity index is 1360. The number of aromatic nitrogens is 3. The lowest BCUT2D eigenvalue weighted by molar-refractivity contribution is -0.111. The number of nitrogens with zero attached hydrogens (tertiary/aromatic N) is 4. The molecule has 6 nitrogen and oxygen atoms in total. The van der Waals surface area contributed by atoms with E-state index in [1.165, 1.54) is 11.8 Å². The molecule has 8 heteroatoms. The highest BCUT2D eigenvalue weighted by Gasteiger charge is 2.11. The summed E-state index contributed by atoms with van der Waals surface area (Å²) in [7, 11) is 0. The second-order valence-corrected chi connectivity index (χ2v) is 8.67. The van der Waals surface area contributed by atoms with E-state index in [9.17, 15) is 4.79 Å². The van der Waals surface area contributed by atoms with Gasteiger partial charge in [0.15, 0.2) is 0 Å². The normalized spacial score (nSPS) is 11.3. The number of carbonyl (C=O) groups excluding carboxylic acids is 1. The molecule has 0 radical (unpaired) electrons. The van der Waals surface area contributed by atoms with Crippen molar-refractivity contribution in [1.82, 2.24) is 15.0 Å². The highest BCUT2D eigenvalue weighted by atomic mass is 35.5. The van der Waals surface area contributed by atoms with Crippen LogP contribution in [0.15, 0.2) is 60.7 Å². The zero-order chi connectivity index (χ0) is 24.2. The van der Waals surface area contributed by atoms with Gasteiger partial charge in [0.05, 0.1) is 5.69 Å². The van der Waals surface area contributed by atoms with Crippen molar-refractivity contribution in [2.75, 3.05) is 23.3 Å². The van der Waals surface area contributed by atoms with Gasteiger partial charge in [-0.15, -0.1) is 10.2 Å². The van der Waals surface area contributed by atoms with Gasteiger partial charge in [-0.1, -0.05) is 29.3 Å². The molecular formula is C26H25Cl2N5O. The first-order valence-corrected chi connectivity index (χ1v) is 11.8. The Hall–Kier alpha value is -3.35. The average Bonchev–Trinajstić information content (AvgIpc) is 3.22. The van der Waals surface area contributed by atoms with Crippen LogP contribution in [0.3, 0.4) is 0 Å². The maximum atomic E-state index is 12.5. The van der Waals surface area contributed by atoms with Gasteiger partial charge in [-0.3, -0.25) is 4.79 Å². The molecule has 3 aromatic carbocycles. The Balaban J connectivity index is 1.53. The van der Waals surface area contributed by atoms with Crippen molar-refractivity contribution in [3.8, 4) is 5.69 Å². The summed E-state index contributed by atoms with van der Waals surface area (Å²) in [4.78, 5) is 16.4. The first-order valence-electron chi connectivity index (χ1n) is 11.0. The van der Waals surface area contributed by atoms with E-state index in [4.69, 9.17) is 23.2 Å². The van der Waals surface area contributed by atoms with Crippen LogP contribution >= 0.6 is 23.2 Å². The van der Waals surface area contributed by atoms with Gasteiger partial charge in [-0.25, -0.2) is 0 Å². The molecule has 0 saturated heterocycles. The van der Waals surface area contributed by atoms with E-state index < -0.39 is 0 Å². The third kappa shape index (κ3) is 5.24. The van der Waals surface area contributed by atoms with Crippen LogP contribution in [-0.2, 0) is 4.79 Å². The molecule has 1 amide bonds. The van der Waals surface area contributed by atoms with Crippen molar-refractivity contribution in [2.45, 2.75) is 20.8 Å². The number of aryl methyl sites for hydroxylation is 1. The van der Waals surface area contributed by atoms with Crippen LogP contribution in [0.1, 0.15) is 25.0 Å². The van der Waals surface area contributed by atoms with Gasteiger partial charge in [0.25, 0.3) is 0 Å². The fourth-order valence-corrected chi connectivity index (χ4v) is 4.15. The van der Waals surface area contributed by atoms with Crippen LogP contribution in [0.5, 0.6) is 0 Å². The quantitative estimate of drug-likeness (QED) is 0.297. The number of fused-ring (bicyclic) bond motifs is 1. The minimum absolute atomic E-state index is 0.271. The standard InChI is InChI=1S/C26H25Cl2N5O/c1-4-32(5-2)20-9-11-21(12-10-20)33-30-24-14-17(3)23(16-25(24)31-33)29-26(34)13-7-18-6-8-19(27)15-22(18)28/h6-16H,4-5H2,1-3H3,(H,29,34)/b13-7+. The van der Waals surface area contributed by atoms with Gasteiger partial charge in [-0.2, -0.15) is 4.80 Å². The molecule has 0 fully saturated rings. The molecule has 0 aliphatic heterocycles. The van der Waals surface area contributed by atoms with Gasteiger partial charge in [-0.05, 0) is 86.5 Å². The van der Waals surface area contributed by atoms with E-state index in [1.807, 2.05) is 31.2 Å². The number of amides is 1. The summed E-state index contributed by atoms with van der Waals surface area (Å²) in [5, 5.41) is 13.2. The number of halogens is 2. The van der Waals surface area contributed by atoms with Crippen LogP contribution in [0.2, 0.25) is 10.0 Å². The second-order valence-electron chi connectivity index (χ2n) is 7.82. The molecule has 1 N–H and O–H groups in total. The second kappa shape index (κ2) is 10.3. The molecule has 0 atom stereocenters. The average molecular weight is 494 g/mol. The Labute approximate surface area is 208 Å². The first kappa shape index (κ1) is 23.8. The maximum Gasteiger partial charge on any atom is 0.248 e. The Morgan fingerprint density at radius 2 is 1.68 bits per heavy atom. The summed E-state index contributed by atoms with van der Waals surface area (Å²) in [5.74, 6) is -0.271. The third-order valence-electron chi connectivity index (χ3n) is 5.57. The minimum Gasteiger partial charge on any atom is -0.372 e. The summed E-state index contributed by atoms with van der Waals surface area (Å²) in [6.07, 6.45) is 3.09. The van der Waals surface area contributed by atoms with Gasteiger partial charge in [0.2, 0.25) is 5.91 Å². The fourth-order valence-electron chi connectivity index (χ4n) is 3.68. The monoisotopic (exact) mass is 493 g/mol. The molecule has 0 bridgehead atoms. The number of hydrogen-bond donors (Lipinski definition) is 1. The fraction of sp³-hybridized carbons (Fsp3) is 0.192. The smallest absolute Gasteiger partial charge is 0.248 e. The molecule has 4 rings (SSSR count). The van der Waals surface area contributed by atoms with Gasteiger partial charge in [0.1, 0.15) is 11.0 Å². The summed E-state index contributed by atoms with van der Waals surface area (Å²) in [6, 6.07) is 17.0. The molecule has 1 aromatic heterocycles. The SMILES string of the molecule is CCN(CC)c1ccc(-n2nc3cc(C)c(NC(=O)/C=C/c4ccc(Cl)cc4Cl)cc3n2)cc1. The van der Waals surface area contributed by atoms with E-state index in [0.29, 0.717) is 26.8 Å². The molecule has 0 aliphatic carbocycles. The highest BCUT2D eigenvalue weighted by Crippen LogP contribution is 2.24. The molecule has 0 unspecified atom stereocenters. The summed E-state index contributed by atoms with van der Waals surface area (Å²) in [6.45, 7) is 8.11. The first-order chi connectivity index (χ1) is 16.4. The van der Waals surface area contributed by atoms with E-state index in [-0.39, 0.29) is 5.91 Å². The van der Waals surface area contributed by atoms with Gasteiger partial charge in [0, 0.05) is 40.6 Å². The van der Waals surface area contributed by atoms with E-state index in [2.05, 4.69) is 46.4 Å². The molecule has 174 valence electrons. The molecule has 34 heavy (non-hydrogen) atoms. The van der Waals surface area contributed by atoms with Crippen molar-refractivity contribution < 1.29 is 4.79 Å². The van der Waals surface area contributed by atoms with Crippen molar-refractivity contribution in [3.63, 3.8) is 0 Å². The number of rotatable bonds is 7. The predicted molar refractivity (Wildman–Crippen MR) is 141 cm³/mol. The lowest BCUT2D eigenvalue weighted by atomic mass is 10.1. The van der Waals surface area contributed by atoms with Crippen LogP contribution in [-0.4, -0.2) is 34.0 Å². The lowest BCUT2D eigenvalue weighted by Gasteiger charge is -2.20. The largest absolute Gasteiger partial charge is 0.372 e. The maximum absolute atomic E-state index is 12.5. The Kier molecular flexibility index (Phi) is 7.20. The van der Waals surface area contributed by atoms with E-state index >= 15 is 0 Å². The molecule has 4 aromatic rings. The van der Waals surface area contributed by atoms with E-state index in [1.54, 1.807) is 29.1 Å². The summed E-state index contributed by atoms with van der Waals surface area (Å²) in [5.41, 5.74) is 5.77. The molecule has 0 aliphatic rings. The highest BCUT2D eigenvalue weighted by molar-refractivity contribution is 6.35. The predicted octanol–water partition coefficient (Wildman–Crippen LogP) is 6.53. The summed E-state index contributed by atoms with van der Waals surface area (Å²) >= 11 is 12.1. The topological polar surface area (TPSA) is 63.1 Å². The Morgan fingerprint density at radius 3 is 2.32 bits per heavy atom. The van der Waals surface area contributed by atoms with Crippen molar-refractivity contribution in [3.05, 3.63) is 81.8 Å². The molecular weight excluding hydrogens is 469 g/mol. The van der Waals surface area contributed by atoms with Gasteiger partial charge < -0.3 is 10.2 Å². The third-order valence-corrected chi connectivity index (χ3v) is 6.13. The van der Waals surface area contributed by atoms with Crippen LogP contribution in [0.4, 0.5) is 11.4 Å². The van der Waals surface area contributed by atoms with Crippen molar-refractivity contribution in [1.29, 1.82) is 0 Å². The van der Waals surface area contributed by atoms with Crippen LogP contribution in [0.25, 0.3) is 22.8 Å². The minimum atomic E-state index is -0.271. The number of anilines is 2. The number of hydrogen-bond acceptors (Lipinski definition) is 4. The number of carbonyl (C=O) groups is 1. The summed E-state index contributed by atoms with van der Waals surface area (Å²) < 4.78 is 0. The van der Waals surface area contributed by atoms with Crippen molar-refractivity contribution >= 4 is 57.6 Å². The van der Waals surface area contributed by atoms with Crippen LogP contribution < -0.4 is 10.2 Å². The number of benzene rings is 3. The van der Waals surface area contributed by atoms with E-state index in [0.717, 1.165) is 29.9 Å². The van der Waals surface area contributed by atoms with Crippen LogP contribution in [0, 0.1) is 6.92 Å². The van der Waals surface area contributed by atoms with Crippen molar-refractivity contribution in [2.24, 2.45) is 0 Å².